The van der Waals surface area contributed by atoms with Crippen molar-refractivity contribution in [2.24, 2.45) is 0 Å². The molecule has 0 aliphatic heterocycles. The average molecular weight is 279 g/mol. The number of hydrogen-bond donors (Lipinski definition) is 1. The molecule has 0 aliphatic carbocycles. The second kappa shape index (κ2) is 6.04. The van der Waals surface area contributed by atoms with E-state index in [2.05, 4.69) is 4.72 Å². The van der Waals surface area contributed by atoms with E-state index in [-0.39, 0.29) is 11.8 Å². The number of hydrogen-bond acceptors (Lipinski definition) is 3. The molecule has 0 fully saturated rings. The van der Waals surface area contributed by atoms with Gasteiger partial charge in [-0.1, -0.05) is 30.3 Å². The van der Waals surface area contributed by atoms with Gasteiger partial charge >= 0.3 is 0 Å². The molecule has 1 atom stereocenters. The van der Waals surface area contributed by atoms with E-state index >= 15 is 0 Å². The van der Waals surface area contributed by atoms with Gasteiger partial charge in [-0.15, -0.1) is 0 Å². The van der Waals surface area contributed by atoms with Gasteiger partial charge in [0.15, 0.2) is 0 Å². The molecule has 0 aliphatic rings. The van der Waals surface area contributed by atoms with E-state index in [1.165, 1.54) is 0 Å². The fourth-order valence-corrected chi connectivity index (χ4v) is 3.33. The molecule has 0 amide bonds. The minimum atomic E-state index is -3.33. The molecule has 102 valence electrons. The van der Waals surface area contributed by atoms with Crippen molar-refractivity contribution in [2.45, 2.75) is 25.1 Å². The zero-order valence-corrected chi connectivity index (χ0v) is 11.6. The lowest BCUT2D eigenvalue weighted by molar-refractivity contribution is 0.479. The fourth-order valence-electron chi connectivity index (χ4n) is 1.91. The number of rotatable bonds is 6. The molecule has 1 aromatic heterocycles. The van der Waals surface area contributed by atoms with Crippen molar-refractivity contribution >= 4 is 10.0 Å². The highest BCUT2D eigenvalue weighted by Gasteiger charge is 2.16. The summed E-state index contributed by atoms with van der Waals surface area (Å²) < 4.78 is 31.9. The summed E-state index contributed by atoms with van der Waals surface area (Å²) in [4.78, 5) is 0. The Hall–Kier alpha value is -1.59. The van der Waals surface area contributed by atoms with Gasteiger partial charge in [-0.05, 0) is 24.6 Å². The van der Waals surface area contributed by atoms with Crippen LogP contribution in [0.2, 0.25) is 0 Å². The molecule has 19 heavy (non-hydrogen) atoms. The van der Waals surface area contributed by atoms with Gasteiger partial charge in [-0.2, -0.15) is 0 Å². The standard InChI is InChI=1S/C14H17NO3S/c1-12(10-14-8-5-9-18-14)15-19(16,17)11-13-6-3-2-4-7-13/h2-9,12,15H,10-11H2,1H3. The van der Waals surface area contributed by atoms with Gasteiger partial charge in [0.25, 0.3) is 0 Å². The van der Waals surface area contributed by atoms with Crippen molar-refractivity contribution in [1.82, 2.24) is 4.72 Å². The Morgan fingerprint density at radius 3 is 2.53 bits per heavy atom. The number of nitrogens with one attached hydrogen (secondary N) is 1. The van der Waals surface area contributed by atoms with Crippen molar-refractivity contribution < 1.29 is 12.8 Å². The van der Waals surface area contributed by atoms with Crippen LogP contribution < -0.4 is 4.72 Å². The van der Waals surface area contributed by atoms with Crippen LogP contribution in [-0.2, 0) is 22.2 Å². The van der Waals surface area contributed by atoms with E-state index in [9.17, 15) is 8.42 Å². The van der Waals surface area contributed by atoms with Crippen molar-refractivity contribution in [3.8, 4) is 0 Å². The molecular formula is C14H17NO3S. The highest BCUT2D eigenvalue weighted by molar-refractivity contribution is 7.88. The van der Waals surface area contributed by atoms with Crippen LogP contribution in [0.3, 0.4) is 0 Å². The van der Waals surface area contributed by atoms with Gasteiger partial charge < -0.3 is 4.42 Å². The quantitative estimate of drug-likeness (QED) is 0.883. The lowest BCUT2D eigenvalue weighted by Gasteiger charge is -2.13. The molecule has 0 spiro atoms. The van der Waals surface area contributed by atoms with Gasteiger partial charge in [0.05, 0.1) is 12.0 Å². The third kappa shape index (κ3) is 4.54. The number of benzene rings is 1. The highest BCUT2D eigenvalue weighted by Crippen LogP contribution is 2.08. The topological polar surface area (TPSA) is 59.3 Å². The van der Waals surface area contributed by atoms with Gasteiger partial charge in [-0.25, -0.2) is 13.1 Å². The van der Waals surface area contributed by atoms with Gasteiger partial charge in [0.2, 0.25) is 10.0 Å². The van der Waals surface area contributed by atoms with Crippen LogP contribution in [0.1, 0.15) is 18.2 Å². The Bertz CT molecular complexity index is 591. The van der Waals surface area contributed by atoms with Crippen molar-refractivity contribution in [3.05, 3.63) is 60.1 Å². The average Bonchev–Trinajstić information content (AvgIpc) is 2.81. The molecule has 1 aromatic carbocycles. The van der Waals surface area contributed by atoms with Crippen LogP contribution in [0, 0.1) is 0 Å². The number of sulfonamides is 1. The first-order valence-corrected chi connectivity index (χ1v) is 7.77. The largest absolute Gasteiger partial charge is 0.469 e. The molecule has 1 N–H and O–H groups in total. The monoisotopic (exact) mass is 279 g/mol. The van der Waals surface area contributed by atoms with Gasteiger partial charge in [-0.3, -0.25) is 0 Å². The van der Waals surface area contributed by atoms with E-state index in [1.54, 1.807) is 24.5 Å². The zero-order chi connectivity index (χ0) is 13.7. The first-order chi connectivity index (χ1) is 9.05. The van der Waals surface area contributed by atoms with E-state index in [0.29, 0.717) is 6.42 Å². The lowest BCUT2D eigenvalue weighted by Crippen LogP contribution is -2.34. The second-order valence-electron chi connectivity index (χ2n) is 4.55. The first-order valence-electron chi connectivity index (χ1n) is 6.11. The molecule has 0 bridgehead atoms. The van der Waals surface area contributed by atoms with E-state index in [1.807, 2.05) is 31.2 Å². The molecule has 1 unspecified atom stereocenters. The Balaban J connectivity index is 1.93. The van der Waals surface area contributed by atoms with E-state index in [4.69, 9.17) is 4.42 Å². The summed E-state index contributed by atoms with van der Waals surface area (Å²) in [6.07, 6.45) is 2.13. The number of furan rings is 1. The molecule has 4 nitrogen and oxygen atoms in total. The molecule has 0 saturated heterocycles. The summed E-state index contributed by atoms with van der Waals surface area (Å²) in [5.41, 5.74) is 0.778. The van der Waals surface area contributed by atoms with Crippen molar-refractivity contribution in [3.63, 3.8) is 0 Å². The van der Waals surface area contributed by atoms with Crippen LogP contribution in [-0.4, -0.2) is 14.5 Å². The minimum absolute atomic E-state index is 0.00364. The summed E-state index contributed by atoms with van der Waals surface area (Å²) in [5.74, 6) is 0.769. The predicted molar refractivity (Wildman–Crippen MR) is 74.1 cm³/mol. The summed E-state index contributed by atoms with van der Waals surface area (Å²) in [6, 6.07) is 12.6. The van der Waals surface area contributed by atoms with Gasteiger partial charge in [0.1, 0.15) is 5.76 Å². The minimum Gasteiger partial charge on any atom is -0.469 e. The van der Waals surface area contributed by atoms with E-state index in [0.717, 1.165) is 11.3 Å². The summed E-state index contributed by atoms with van der Waals surface area (Å²) >= 11 is 0. The summed E-state index contributed by atoms with van der Waals surface area (Å²) in [6.45, 7) is 1.82. The van der Waals surface area contributed by atoms with Gasteiger partial charge in [0, 0.05) is 12.5 Å². The Kier molecular flexibility index (Phi) is 4.39. The van der Waals surface area contributed by atoms with Crippen molar-refractivity contribution in [2.75, 3.05) is 0 Å². The molecule has 5 heteroatoms. The Morgan fingerprint density at radius 2 is 1.89 bits per heavy atom. The maximum absolute atomic E-state index is 12.0. The first kappa shape index (κ1) is 13.8. The molecule has 0 saturated carbocycles. The molecule has 1 heterocycles. The maximum Gasteiger partial charge on any atom is 0.216 e. The SMILES string of the molecule is CC(Cc1ccco1)NS(=O)(=O)Cc1ccccc1. The van der Waals surface area contributed by atoms with Crippen LogP contribution >= 0.6 is 0 Å². The third-order valence-electron chi connectivity index (χ3n) is 2.67. The van der Waals surface area contributed by atoms with Crippen molar-refractivity contribution in [1.29, 1.82) is 0 Å². The smallest absolute Gasteiger partial charge is 0.216 e. The normalized spacial score (nSPS) is 13.3. The predicted octanol–water partition coefficient (Wildman–Crippen LogP) is 2.33. The highest BCUT2D eigenvalue weighted by atomic mass is 32.2. The third-order valence-corrected chi connectivity index (χ3v) is 4.14. The van der Waals surface area contributed by atoms with Crippen LogP contribution in [0.5, 0.6) is 0 Å². The summed E-state index contributed by atoms with van der Waals surface area (Å²) in [5, 5.41) is 0. The summed E-state index contributed by atoms with van der Waals surface area (Å²) in [7, 11) is -3.33. The Morgan fingerprint density at radius 1 is 1.16 bits per heavy atom. The fraction of sp³-hybridized carbons (Fsp3) is 0.286. The van der Waals surface area contributed by atoms with Crippen LogP contribution in [0.15, 0.2) is 53.1 Å². The molecular weight excluding hydrogens is 262 g/mol. The van der Waals surface area contributed by atoms with E-state index < -0.39 is 10.0 Å². The molecule has 0 radical (unpaired) electrons. The molecule has 2 aromatic rings. The second-order valence-corrected chi connectivity index (χ2v) is 6.30. The van der Waals surface area contributed by atoms with Crippen LogP contribution in [0.4, 0.5) is 0 Å². The zero-order valence-electron chi connectivity index (χ0n) is 10.7. The lowest BCUT2D eigenvalue weighted by atomic mass is 10.2. The van der Waals surface area contributed by atoms with Crippen LogP contribution in [0.25, 0.3) is 0 Å². The Labute approximate surface area is 113 Å². The maximum atomic E-state index is 12.0. The molecule has 2 rings (SSSR count).